The summed E-state index contributed by atoms with van der Waals surface area (Å²) >= 11 is 4.46. The van der Waals surface area contributed by atoms with Crippen LogP contribution >= 0.6 is 12.6 Å². The predicted octanol–water partition coefficient (Wildman–Crippen LogP) is 5.60. The molecule has 3 nitrogen and oxygen atoms in total. The summed E-state index contributed by atoms with van der Waals surface area (Å²) in [5.74, 6) is 0. The molecule has 1 aliphatic rings. The van der Waals surface area contributed by atoms with Gasteiger partial charge in [-0.15, -0.1) is 12.6 Å². The van der Waals surface area contributed by atoms with Gasteiger partial charge in [0.2, 0.25) is 0 Å². The van der Waals surface area contributed by atoms with Crippen molar-refractivity contribution < 1.29 is 0 Å². The van der Waals surface area contributed by atoms with Crippen LogP contribution in [0.4, 0.5) is 0 Å². The van der Waals surface area contributed by atoms with E-state index in [2.05, 4.69) is 108 Å². The summed E-state index contributed by atoms with van der Waals surface area (Å²) in [6.07, 6.45) is 10.6. The number of H-pyrrole nitrogens is 1. The van der Waals surface area contributed by atoms with Gasteiger partial charge in [0.05, 0.1) is 5.69 Å². The summed E-state index contributed by atoms with van der Waals surface area (Å²) in [5, 5.41) is 7.78. The second-order valence-corrected chi connectivity index (χ2v) is 8.10. The van der Waals surface area contributed by atoms with Gasteiger partial charge in [0.15, 0.2) is 0 Å². The van der Waals surface area contributed by atoms with E-state index in [0.717, 1.165) is 42.8 Å². The van der Waals surface area contributed by atoms with Crippen molar-refractivity contribution in [1.82, 2.24) is 15.1 Å². The summed E-state index contributed by atoms with van der Waals surface area (Å²) in [5.41, 5.74) is 7.44. The largest absolute Gasteiger partial charge is 0.354 e. The molecule has 1 N–H and O–H groups in total. The normalized spacial score (nSPS) is 13.6. The van der Waals surface area contributed by atoms with Crippen LogP contribution in [0.15, 0.2) is 78.0 Å². The molecule has 2 aromatic carbocycles. The molecule has 0 saturated heterocycles. The molecule has 1 aromatic heterocycles. The topological polar surface area (TPSA) is 31.9 Å². The lowest BCUT2D eigenvalue weighted by molar-refractivity contribution is 0.503. The van der Waals surface area contributed by atoms with E-state index in [-0.39, 0.29) is 0 Å². The van der Waals surface area contributed by atoms with E-state index >= 15 is 0 Å². The fraction of sp³-hybridized carbons (Fsp3) is 0.240. The second-order valence-electron chi connectivity index (χ2n) is 7.62. The highest BCUT2D eigenvalue weighted by Crippen LogP contribution is 2.23. The van der Waals surface area contributed by atoms with E-state index in [1.54, 1.807) is 0 Å². The summed E-state index contributed by atoms with van der Waals surface area (Å²) < 4.78 is 0. The molecular weight excluding hydrogens is 374 g/mol. The molecule has 3 aromatic rings. The summed E-state index contributed by atoms with van der Waals surface area (Å²) in [6, 6.07) is 19.3. The number of thiol groups is 1. The number of nitrogens with one attached hydrogen (secondary N) is 1. The summed E-state index contributed by atoms with van der Waals surface area (Å²) in [4.78, 5) is 3.32. The number of allylic oxidation sites excluding steroid dienone is 2. The number of aromatic amines is 1. The zero-order valence-corrected chi connectivity index (χ0v) is 17.7. The third kappa shape index (κ3) is 5.21. The Hall–Kier alpha value is -2.72. The smallest absolute Gasteiger partial charge is 0.0900 e. The van der Waals surface area contributed by atoms with Crippen molar-refractivity contribution >= 4 is 18.2 Å². The van der Waals surface area contributed by atoms with Gasteiger partial charge in [-0.3, -0.25) is 5.10 Å². The van der Waals surface area contributed by atoms with Crippen LogP contribution in [-0.4, -0.2) is 21.6 Å². The first-order chi connectivity index (χ1) is 14.2. The molecule has 0 radical (unpaired) electrons. The number of hydrogen-bond acceptors (Lipinski definition) is 3. The molecule has 4 rings (SSSR count). The van der Waals surface area contributed by atoms with Crippen LogP contribution in [0.3, 0.4) is 0 Å². The van der Waals surface area contributed by atoms with Crippen molar-refractivity contribution in [3.05, 3.63) is 101 Å². The van der Waals surface area contributed by atoms with E-state index in [1.807, 2.05) is 0 Å². The van der Waals surface area contributed by atoms with E-state index in [4.69, 9.17) is 0 Å². The maximum Gasteiger partial charge on any atom is 0.0900 e. The molecule has 0 fully saturated rings. The minimum atomic E-state index is 0.924. The van der Waals surface area contributed by atoms with Gasteiger partial charge < -0.3 is 4.90 Å². The average molecular weight is 402 g/mol. The van der Waals surface area contributed by atoms with E-state index in [0.29, 0.717) is 0 Å². The van der Waals surface area contributed by atoms with Crippen LogP contribution in [0.25, 0.3) is 5.57 Å². The fourth-order valence-electron chi connectivity index (χ4n) is 3.63. The quantitative estimate of drug-likeness (QED) is 0.505. The molecule has 0 saturated carbocycles. The highest BCUT2D eigenvalue weighted by molar-refractivity contribution is 7.80. The van der Waals surface area contributed by atoms with E-state index in [1.165, 1.54) is 28.0 Å². The van der Waals surface area contributed by atoms with Gasteiger partial charge in [-0.25, -0.2) is 0 Å². The number of benzene rings is 2. The number of hydrogen-bond donors (Lipinski definition) is 2. The SMILES string of the molecule is Cc1cc(CCN2C=CCC(c3cc(CCc4ccccc4)[nH]n3)=C2)ccc1S. The molecule has 4 heteroatoms. The standard InChI is InChI=1S/C25H27N3S/c1-19-16-21(10-12-25(19)29)13-15-28-14-5-8-22(18-28)24-17-23(26-27-24)11-9-20-6-3-2-4-7-20/h2-7,10,12,14,16-18,29H,8-9,11,13,15H2,1H3,(H,26,27). The van der Waals surface area contributed by atoms with E-state index < -0.39 is 0 Å². The molecular formula is C25H27N3S. The van der Waals surface area contributed by atoms with Gasteiger partial charge >= 0.3 is 0 Å². The first-order valence-corrected chi connectivity index (χ1v) is 10.6. The Morgan fingerprint density at radius 1 is 1.00 bits per heavy atom. The van der Waals surface area contributed by atoms with E-state index in [9.17, 15) is 0 Å². The summed E-state index contributed by atoms with van der Waals surface area (Å²) in [6.45, 7) is 3.06. The van der Waals surface area contributed by atoms with Gasteiger partial charge in [0.25, 0.3) is 0 Å². The molecule has 29 heavy (non-hydrogen) atoms. The van der Waals surface area contributed by atoms with Gasteiger partial charge in [-0.1, -0.05) is 48.5 Å². The Morgan fingerprint density at radius 2 is 1.86 bits per heavy atom. The zero-order chi connectivity index (χ0) is 20.1. The lowest BCUT2D eigenvalue weighted by atomic mass is 10.0. The highest BCUT2D eigenvalue weighted by Gasteiger charge is 2.11. The minimum Gasteiger partial charge on any atom is -0.354 e. The Kier molecular flexibility index (Phi) is 6.20. The third-order valence-corrected chi connectivity index (χ3v) is 5.86. The van der Waals surface area contributed by atoms with Gasteiger partial charge in [0, 0.05) is 23.3 Å². The highest BCUT2D eigenvalue weighted by atomic mass is 32.1. The van der Waals surface area contributed by atoms with Crippen LogP contribution in [-0.2, 0) is 19.3 Å². The Morgan fingerprint density at radius 3 is 2.69 bits per heavy atom. The maximum absolute atomic E-state index is 4.56. The molecule has 2 heterocycles. The maximum atomic E-state index is 4.56. The first kappa shape index (κ1) is 19.6. The molecule has 0 unspecified atom stereocenters. The zero-order valence-electron chi connectivity index (χ0n) is 16.8. The molecule has 0 spiro atoms. The number of nitrogens with zero attached hydrogens (tertiary/aromatic N) is 2. The summed E-state index contributed by atoms with van der Waals surface area (Å²) in [7, 11) is 0. The van der Waals surface area contributed by atoms with Gasteiger partial charge in [0.1, 0.15) is 0 Å². The number of aromatic nitrogens is 2. The third-order valence-electron chi connectivity index (χ3n) is 5.36. The Labute approximate surface area is 178 Å². The van der Waals surface area contributed by atoms with Crippen LogP contribution < -0.4 is 0 Å². The van der Waals surface area contributed by atoms with Crippen molar-refractivity contribution in [1.29, 1.82) is 0 Å². The van der Waals surface area contributed by atoms with Crippen molar-refractivity contribution in [2.75, 3.05) is 6.54 Å². The average Bonchev–Trinajstić information content (AvgIpc) is 3.23. The molecule has 0 amide bonds. The lowest BCUT2D eigenvalue weighted by Crippen LogP contribution is -2.16. The minimum absolute atomic E-state index is 0.924. The Balaban J connectivity index is 1.36. The fourth-order valence-corrected chi connectivity index (χ4v) is 3.77. The van der Waals surface area contributed by atoms with Crippen LogP contribution in [0.5, 0.6) is 0 Å². The second kappa shape index (κ2) is 9.19. The molecule has 148 valence electrons. The Bertz CT molecular complexity index is 1020. The van der Waals surface area contributed by atoms with Crippen LogP contribution in [0.1, 0.15) is 34.5 Å². The number of aryl methyl sites for hydroxylation is 3. The van der Waals surface area contributed by atoms with Crippen molar-refractivity contribution in [2.24, 2.45) is 0 Å². The van der Waals surface area contributed by atoms with Crippen LogP contribution in [0.2, 0.25) is 0 Å². The number of rotatable bonds is 7. The molecule has 0 aliphatic carbocycles. The van der Waals surface area contributed by atoms with Crippen molar-refractivity contribution in [2.45, 2.75) is 37.5 Å². The van der Waals surface area contributed by atoms with Gasteiger partial charge in [-0.05, 0) is 73.2 Å². The predicted molar refractivity (Wildman–Crippen MR) is 123 cm³/mol. The monoisotopic (exact) mass is 401 g/mol. The molecule has 1 aliphatic heterocycles. The van der Waals surface area contributed by atoms with Crippen LogP contribution in [0, 0.1) is 6.92 Å². The molecule has 0 atom stereocenters. The lowest BCUT2D eigenvalue weighted by Gasteiger charge is -2.21. The molecule has 0 bridgehead atoms. The van der Waals surface area contributed by atoms with Crippen molar-refractivity contribution in [3.63, 3.8) is 0 Å². The van der Waals surface area contributed by atoms with Crippen molar-refractivity contribution in [3.8, 4) is 0 Å². The first-order valence-electron chi connectivity index (χ1n) is 10.2. The van der Waals surface area contributed by atoms with Gasteiger partial charge in [-0.2, -0.15) is 5.10 Å².